The summed E-state index contributed by atoms with van der Waals surface area (Å²) in [5.74, 6) is 0.243. The van der Waals surface area contributed by atoms with Gasteiger partial charge in [-0.2, -0.15) is 4.31 Å². The quantitative estimate of drug-likeness (QED) is 0.485. The Balaban J connectivity index is 2.65. The van der Waals surface area contributed by atoms with Crippen LogP contribution in [0.2, 0.25) is 0 Å². The number of hydrogen-bond acceptors (Lipinski definition) is 2. The third-order valence-corrected chi connectivity index (χ3v) is 3.05. The van der Waals surface area contributed by atoms with Crippen LogP contribution in [0.25, 0.3) is 0 Å². The Morgan fingerprint density at radius 3 is 2.12 bits per heavy atom. The molecule has 8 heavy (non-hydrogen) atoms. The van der Waals surface area contributed by atoms with Gasteiger partial charge in [0, 0.05) is 13.1 Å². The molecule has 1 fully saturated rings. The number of sulfonamides is 1. The Labute approximate surface area is 49.3 Å². The van der Waals surface area contributed by atoms with Gasteiger partial charge in [0.05, 0.1) is 5.75 Å². The molecule has 0 bridgehead atoms. The van der Waals surface area contributed by atoms with Gasteiger partial charge in [-0.25, -0.2) is 8.42 Å². The van der Waals surface area contributed by atoms with Crippen molar-refractivity contribution in [3.63, 3.8) is 0 Å². The molecular formula is C4H9NO2S. The molecule has 1 aliphatic heterocycles. The molecule has 0 saturated carbocycles. The molecule has 48 valence electrons. The third-order valence-electron chi connectivity index (χ3n) is 1.16. The normalized spacial score (nSPS) is 21.1. The van der Waals surface area contributed by atoms with Gasteiger partial charge in [-0.15, -0.1) is 0 Å². The number of hydrogen-bond donors (Lipinski definition) is 0. The summed E-state index contributed by atoms with van der Waals surface area (Å²) in [6.45, 7) is 3.13. The summed E-state index contributed by atoms with van der Waals surface area (Å²) in [4.78, 5) is 0. The first kappa shape index (κ1) is 6.04. The first-order valence-corrected chi connectivity index (χ1v) is 4.25. The summed E-state index contributed by atoms with van der Waals surface area (Å²) in [5, 5.41) is 0. The lowest BCUT2D eigenvalue weighted by Gasteiger charge is -1.95. The molecule has 1 rings (SSSR count). The first-order valence-electron chi connectivity index (χ1n) is 2.64. The van der Waals surface area contributed by atoms with E-state index in [9.17, 15) is 8.42 Å². The molecule has 1 saturated heterocycles. The maximum Gasteiger partial charge on any atom is 0.213 e. The molecule has 1 heterocycles. The van der Waals surface area contributed by atoms with Crippen molar-refractivity contribution in [1.29, 1.82) is 0 Å². The lowest BCUT2D eigenvalue weighted by molar-refractivity contribution is 0.564. The Kier molecular flexibility index (Phi) is 1.28. The largest absolute Gasteiger partial charge is 0.213 e. The third kappa shape index (κ3) is 1.00. The minimum Gasteiger partial charge on any atom is -0.212 e. The van der Waals surface area contributed by atoms with Gasteiger partial charge in [-0.1, -0.05) is 0 Å². The van der Waals surface area contributed by atoms with Crippen molar-refractivity contribution in [3.05, 3.63) is 0 Å². The summed E-state index contributed by atoms with van der Waals surface area (Å²) in [6.07, 6.45) is 0. The summed E-state index contributed by atoms with van der Waals surface area (Å²) >= 11 is 0. The summed E-state index contributed by atoms with van der Waals surface area (Å²) in [6, 6.07) is 0. The molecule has 0 aromatic heterocycles. The van der Waals surface area contributed by atoms with Crippen LogP contribution in [0.4, 0.5) is 0 Å². The van der Waals surface area contributed by atoms with Crippen LogP contribution >= 0.6 is 0 Å². The van der Waals surface area contributed by atoms with E-state index in [0.29, 0.717) is 0 Å². The molecule has 0 N–H and O–H groups in total. The summed E-state index contributed by atoms with van der Waals surface area (Å²) in [7, 11) is -2.79. The molecule has 0 aromatic carbocycles. The molecule has 0 atom stereocenters. The number of nitrogens with zero attached hydrogens (tertiary/aromatic N) is 1. The second-order valence-electron chi connectivity index (χ2n) is 1.80. The van der Waals surface area contributed by atoms with Gasteiger partial charge in [0.15, 0.2) is 0 Å². The van der Waals surface area contributed by atoms with Crippen molar-refractivity contribution in [1.82, 2.24) is 4.31 Å². The average Bonchev–Trinajstić information content (AvgIpc) is 2.44. The van der Waals surface area contributed by atoms with E-state index < -0.39 is 10.0 Å². The lowest BCUT2D eigenvalue weighted by Crippen LogP contribution is -2.12. The number of rotatable bonds is 2. The van der Waals surface area contributed by atoms with Crippen LogP contribution in [0.1, 0.15) is 6.92 Å². The smallest absolute Gasteiger partial charge is 0.212 e. The molecule has 0 aromatic rings. The van der Waals surface area contributed by atoms with Crippen LogP contribution in [0.5, 0.6) is 0 Å². The molecule has 1 aliphatic rings. The Hall–Kier alpha value is -0.0900. The minimum absolute atomic E-state index is 0.243. The van der Waals surface area contributed by atoms with Crippen LogP contribution in [0.3, 0.4) is 0 Å². The molecule has 0 aliphatic carbocycles. The van der Waals surface area contributed by atoms with Crippen molar-refractivity contribution < 1.29 is 8.42 Å². The Morgan fingerprint density at radius 2 is 2.00 bits per heavy atom. The minimum atomic E-state index is -2.79. The predicted octanol–water partition coefficient (Wildman–Crippen LogP) is -0.348. The SMILES string of the molecule is CCS(=O)(=O)N1CC1. The van der Waals surface area contributed by atoms with E-state index in [4.69, 9.17) is 0 Å². The summed E-state index contributed by atoms with van der Waals surface area (Å²) < 4.78 is 22.8. The van der Waals surface area contributed by atoms with Crippen LogP contribution < -0.4 is 0 Å². The molecule has 0 spiro atoms. The van der Waals surface area contributed by atoms with Gasteiger partial charge in [0.25, 0.3) is 0 Å². The Bertz CT molecular complexity index is 168. The van der Waals surface area contributed by atoms with Gasteiger partial charge in [0.1, 0.15) is 0 Å². The van der Waals surface area contributed by atoms with Crippen molar-refractivity contribution >= 4 is 10.0 Å². The first-order chi connectivity index (χ1) is 3.67. The van der Waals surface area contributed by atoms with Crippen LogP contribution in [-0.2, 0) is 10.0 Å². The highest BCUT2D eigenvalue weighted by Crippen LogP contribution is 2.10. The fourth-order valence-corrected chi connectivity index (χ4v) is 1.50. The zero-order chi connectivity index (χ0) is 6.20. The van der Waals surface area contributed by atoms with E-state index in [-0.39, 0.29) is 5.75 Å². The fraction of sp³-hybridized carbons (Fsp3) is 1.00. The van der Waals surface area contributed by atoms with E-state index in [2.05, 4.69) is 0 Å². The highest BCUT2D eigenvalue weighted by molar-refractivity contribution is 7.89. The highest BCUT2D eigenvalue weighted by Gasteiger charge is 2.29. The molecule has 4 heteroatoms. The topological polar surface area (TPSA) is 37.1 Å². The maximum absolute atomic E-state index is 10.7. The second-order valence-corrected chi connectivity index (χ2v) is 4.06. The van der Waals surface area contributed by atoms with Gasteiger partial charge in [0.2, 0.25) is 10.0 Å². The van der Waals surface area contributed by atoms with Crippen LogP contribution in [0.15, 0.2) is 0 Å². The van der Waals surface area contributed by atoms with Crippen LogP contribution in [-0.4, -0.2) is 31.6 Å². The molecule has 0 radical (unpaired) electrons. The standard InChI is InChI=1S/C4H9NO2S/c1-2-8(6,7)5-3-4-5/h2-4H2,1H3. The molecule has 3 nitrogen and oxygen atoms in total. The maximum atomic E-state index is 10.7. The van der Waals surface area contributed by atoms with Crippen LogP contribution in [0, 0.1) is 0 Å². The monoisotopic (exact) mass is 135 g/mol. The van der Waals surface area contributed by atoms with Crippen molar-refractivity contribution in [2.45, 2.75) is 6.92 Å². The van der Waals surface area contributed by atoms with E-state index in [1.54, 1.807) is 6.92 Å². The van der Waals surface area contributed by atoms with E-state index in [1.807, 2.05) is 0 Å². The second kappa shape index (κ2) is 1.70. The van der Waals surface area contributed by atoms with Crippen molar-refractivity contribution in [3.8, 4) is 0 Å². The van der Waals surface area contributed by atoms with Gasteiger partial charge < -0.3 is 0 Å². The lowest BCUT2D eigenvalue weighted by atomic mass is 11.0. The molecule has 0 unspecified atom stereocenters. The zero-order valence-corrected chi connectivity index (χ0v) is 5.61. The van der Waals surface area contributed by atoms with Crippen molar-refractivity contribution in [2.24, 2.45) is 0 Å². The van der Waals surface area contributed by atoms with Gasteiger partial charge in [-0.05, 0) is 6.92 Å². The predicted molar refractivity (Wildman–Crippen MR) is 31.0 cm³/mol. The fourth-order valence-electron chi connectivity index (χ4n) is 0.502. The van der Waals surface area contributed by atoms with Gasteiger partial charge >= 0.3 is 0 Å². The Morgan fingerprint density at radius 1 is 1.50 bits per heavy atom. The van der Waals surface area contributed by atoms with Crippen molar-refractivity contribution in [2.75, 3.05) is 18.8 Å². The van der Waals surface area contributed by atoms with Gasteiger partial charge in [-0.3, -0.25) is 0 Å². The van der Waals surface area contributed by atoms with E-state index in [0.717, 1.165) is 13.1 Å². The average molecular weight is 135 g/mol. The molecular weight excluding hydrogens is 126 g/mol. The summed E-state index contributed by atoms with van der Waals surface area (Å²) in [5.41, 5.74) is 0. The molecule has 0 amide bonds. The van der Waals surface area contributed by atoms with E-state index in [1.165, 1.54) is 4.31 Å². The highest BCUT2D eigenvalue weighted by atomic mass is 32.2. The zero-order valence-electron chi connectivity index (χ0n) is 4.79. The van der Waals surface area contributed by atoms with E-state index >= 15 is 0 Å².